The fourth-order valence-corrected chi connectivity index (χ4v) is 1.68. The fraction of sp³-hybridized carbons (Fsp3) is 0.500. The number of aliphatic hydroxyl groups excluding tert-OH is 1. The van der Waals surface area contributed by atoms with Gasteiger partial charge in [0.1, 0.15) is 0 Å². The first kappa shape index (κ1) is 11.2. The van der Waals surface area contributed by atoms with E-state index >= 15 is 0 Å². The highest BCUT2D eigenvalue weighted by atomic mass is 16.3. The van der Waals surface area contributed by atoms with Gasteiger partial charge in [0, 0.05) is 6.54 Å². The molecule has 2 heteroatoms. The van der Waals surface area contributed by atoms with Crippen LogP contribution in [-0.2, 0) is 5.41 Å². The lowest BCUT2D eigenvalue weighted by molar-refractivity contribution is 0.146. The van der Waals surface area contributed by atoms with Crippen LogP contribution in [0.3, 0.4) is 0 Å². The Balaban J connectivity index is 2.75. The van der Waals surface area contributed by atoms with Crippen LogP contribution in [0.1, 0.15) is 25.8 Å². The number of hydrogen-bond acceptors (Lipinski definition) is 2. The topological polar surface area (TPSA) is 46.2 Å². The van der Waals surface area contributed by atoms with Crippen molar-refractivity contribution in [2.24, 2.45) is 5.73 Å². The minimum atomic E-state index is -0.412. The first-order chi connectivity index (χ1) is 6.56. The molecule has 2 nitrogen and oxygen atoms in total. The molecule has 1 atom stereocenters. The van der Waals surface area contributed by atoms with Gasteiger partial charge in [0.05, 0.1) is 6.10 Å². The maximum atomic E-state index is 9.53. The van der Waals surface area contributed by atoms with E-state index in [9.17, 15) is 5.11 Å². The van der Waals surface area contributed by atoms with Crippen molar-refractivity contribution in [1.29, 1.82) is 0 Å². The van der Waals surface area contributed by atoms with E-state index in [1.54, 1.807) is 0 Å². The summed E-state index contributed by atoms with van der Waals surface area (Å²) in [7, 11) is 0. The lowest BCUT2D eigenvalue weighted by Gasteiger charge is -2.27. The van der Waals surface area contributed by atoms with Gasteiger partial charge in [0.25, 0.3) is 0 Å². The molecule has 1 aromatic carbocycles. The predicted octanol–water partition coefficient (Wildman–Crippen LogP) is 1.67. The molecule has 0 aliphatic rings. The van der Waals surface area contributed by atoms with Crippen LogP contribution < -0.4 is 5.73 Å². The second-order valence-electron chi connectivity index (χ2n) is 4.34. The summed E-state index contributed by atoms with van der Waals surface area (Å²) in [5.41, 5.74) is 6.64. The SMILES string of the molecule is CC(C)(CC(O)CN)c1ccccc1. The Kier molecular flexibility index (Phi) is 3.67. The maximum Gasteiger partial charge on any atom is 0.0670 e. The van der Waals surface area contributed by atoms with Gasteiger partial charge in [-0.15, -0.1) is 0 Å². The summed E-state index contributed by atoms with van der Waals surface area (Å²) < 4.78 is 0. The van der Waals surface area contributed by atoms with Crippen LogP contribution in [0.2, 0.25) is 0 Å². The molecule has 0 aliphatic carbocycles. The summed E-state index contributed by atoms with van der Waals surface area (Å²) >= 11 is 0. The Hall–Kier alpha value is -0.860. The van der Waals surface area contributed by atoms with Crippen molar-refractivity contribution in [3.8, 4) is 0 Å². The summed E-state index contributed by atoms with van der Waals surface area (Å²) in [6.45, 7) is 4.58. The summed E-state index contributed by atoms with van der Waals surface area (Å²) in [4.78, 5) is 0. The first-order valence-electron chi connectivity index (χ1n) is 5.00. The first-order valence-corrected chi connectivity index (χ1v) is 5.00. The molecule has 0 spiro atoms. The average molecular weight is 193 g/mol. The normalized spacial score (nSPS) is 14.0. The molecule has 3 N–H and O–H groups in total. The third kappa shape index (κ3) is 2.82. The van der Waals surface area contributed by atoms with Gasteiger partial charge in [-0.1, -0.05) is 44.2 Å². The van der Waals surface area contributed by atoms with E-state index in [0.717, 1.165) is 0 Å². The Morgan fingerprint density at radius 3 is 2.36 bits per heavy atom. The van der Waals surface area contributed by atoms with E-state index in [4.69, 9.17) is 5.73 Å². The fourth-order valence-electron chi connectivity index (χ4n) is 1.68. The van der Waals surface area contributed by atoms with Gasteiger partial charge in [-0.05, 0) is 17.4 Å². The zero-order valence-corrected chi connectivity index (χ0v) is 8.90. The lowest BCUT2D eigenvalue weighted by Crippen LogP contribution is -2.29. The van der Waals surface area contributed by atoms with Crippen molar-refractivity contribution in [2.45, 2.75) is 31.8 Å². The van der Waals surface area contributed by atoms with E-state index in [1.807, 2.05) is 18.2 Å². The van der Waals surface area contributed by atoms with Crippen molar-refractivity contribution in [1.82, 2.24) is 0 Å². The monoisotopic (exact) mass is 193 g/mol. The largest absolute Gasteiger partial charge is 0.392 e. The zero-order chi connectivity index (χ0) is 10.6. The van der Waals surface area contributed by atoms with E-state index in [0.29, 0.717) is 13.0 Å². The van der Waals surface area contributed by atoms with Crippen molar-refractivity contribution < 1.29 is 5.11 Å². The Labute approximate surface area is 85.8 Å². The summed E-state index contributed by atoms with van der Waals surface area (Å²) in [5.74, 6) is 0. The van der Waals surface area contributed by atoms with Gasteiger partial charge in [-0.3, -0.25) is 0 Å². The molecule has 1 unspecified atom stereocenters. The molecule has 0 aliphatic heterocycles. The van der Waals surface area contributed by atoms with Gasteiger partial charge in [-0.2, -0.15) is 0 Å². The highest BCUT2D eigenvalue weighted by molar-refractivity contribution is 5.23. The van der Waals surface area contributed by atoms with Crippen molar-refractivity contribution in [3.63, 3.8) is 0 Å². The Morgan fingerprint density at radius 1 is 1.29 bits per heavy atom. The highest BCUT2D eigenvalue weighted by Gasteiger charge is 2.23. The van der Waals surface area contributed by atoms with E-state index < -0.39 is 6.10 Å². The molecule has 78 valence electrons. The lowest BCUT2D eigenvalue weighted by atomic mass is 9.80. The molecule has 0 radical (unpaired) electrons. The molecule has 1 rings (SSSR count). The molecular formula is C12H19NO. The second-order valence-corrected chi connectivity index (χ2v) is 4.34. The van der Waals surface area contributed by atoms with Crippen LogP contribution in [0.15, 0.2) is 30.3 Å². The van der Waals surface area contributed by atoms with E-state index in [-0.39, 0.29) is 5.41 Å². The maximum absolute atomic E-state index is 9.53. The van der Waals surface area contributed by atoms with Crippen LogP contribution in [0.5, 0.6) is 0 Å². The number of rotatable bonds is 4. The molecule has 1 aromatic rings. The predicted molar refractivity (Wildman–Crippen MR) is 59.1 cm³/mol. The van der Waals surface area contributed by atoms with Crippen LogP contribution in [0.4, 0.5) is 0 Å². The standard InChI is InChI=1S/C12H19NO/c1-12(2,8-11(14)9-13)10-6-4-3-5-7-10/h3-7,11,14H,8-9,13H2,1-2H3. The minimum absolute atomic E-state index is 0.0138. The van der Waals surface area contributed by atoms with Crippen LogP contribution >= 0.6 is 0 Å². The Morgan fingerprint density at radius 2 is 1.86 bits per heavy atom. The summed E-state index contributed by atoms with van der Waals surface area (Å²) in [6, 6.07) is 10.2. The molecule has 0 bridgehead atoms. The van der Waals surface area contributed by atoms with E-state index in [1.165, 1.54) is 5.56 Å². The molecular weight excluding hydrogens is 174 g/mol. The number of nitrogens with two attached hydrogens (primary N) is 1. The van der Waals surface area contributed by atoms with Crippen molar-refractivity contribution >= 4 is 0 Å². The van der Waals surface area contributed by atoms with Crippen LogP contribution in [-0.4, -0.2) is 17.8 Å². The molecule has 0 aromatic heterocycles. The van der Waals surface area contributed by atoms with Gasteiger partial charge >= 0.3 is 0 Å². The van der Waals surface area contributed by atoms with Crippen LogP contribution in [0.25, 0.3) is 0 Å². The van der Waals surface area contributed by atoms with Gasteiger partial charge in [0.2, 0.25) is 0 Å². The molecule has 0 saturated carbocycles. The zero-order valence-electron chi connectivity index (χ0n) is 8.90. The van der Waals surface area contributed by atoms with E-state index in [2.05, 4.69) is 26.0 Å². The van der Waals surface area contributed by atoms with Gasteiger partial charge < -0.3 is 10.8 Å². The highest BCUT2D eigenvalue weighted by Crippen LogP contribution is 2.27. The van der Waals surface area contributed by atoms with Crippen LogP contribution in [0, 0.1) is 0 Å². The van der Waals surface area contributed by atoms with Crippen molar-refractivity contribution in [3.05, 3.63) is 35.9 Å². The smallest absolute Gasteiger partial charge is 0.0670 e. The number of hydrogen-bond donors (Lipinski definition) is 2. The minimum Gasteiger partial charge on any atom is -0.392 e. The quantitative estimate of drug-likeness (QED) is 0.764. The van der Waals surface area contributed by atoms with Gasteiger partial charge in [0.15, 0.2) is 0 Å². The molecule has 14 heavy (non-hydrogen) atoms. The average Bonchev–Trinajstić information content (AvgIpc) is 2.18. The molecule has 0 fully saturated rings. The second kappa shape index (κ2) is 4.58. The number of benzene rings is 1. The third-order valence-corrected chi connectivity index (χ3v) is 2.57. The molecule has 0 heterocycles. The molecule has 0 saturated heterocycles. The summed E-state index contributed by atoms with van der Waals surface area (Å²) in [6.07, 6.45) is 0.290. The third-order valence-electron chi connectivity index (χ3n) is 2.57. The molecule has 0 amide bonds. The van der Waals surface area contributed by atoms with Crippen molar-refractivity contribution in [2.75, 3.05) is 6.54 Å². The number of aliphatic hydroxyl groups is 1. The van der Waals surface area contributed by atoms with Gasteiger partial charge in [-0.25, -0.2) is 0 Å². The summed E-state index contributed by atoms with van der Waals surface area (Å²) in [5, 5.41) is 9.53. The Bertz CT molecular complexity index is 269.